The smallest absolute Gasteiger partial charge is 0.292 e. The molecule has 3 heterocycles. The van der Waals surface area contributed by atoms with Gasteiger partial charge in [0.15, 0.2) is 0 Å². The average Bonchev–Trinajstić information content (AvgIpc) is 3.55. The van der Waals surface area contributed by atoms with Crippen molar-refractivity contribution in [1.82, 2.24) is 19.9 Å². The molecule has 42 heavy (non-hydrogen) atoms. The number of carbonyl (C=O) groups is 2. The second-order valence-corrected chi connectivity index (χ2v) is 11.4. The summed E-state index contributed by atoms with van der Waals surface area (Å²) in [4.78, 5) is 33.3. The Morgan fingerprint density at radius 2 is 1.52 bits per heavy atom. The molecule has 1 aliphatic heterocycles. The van der Waals surface area contributed by atoms with Crippen LogP contribution in [0.15, 0.2) is 101 Å². The zero-order valence-corrected chi connectivity index (χ0v) is 23.1. The van der Waals surface area contributed by atoms with Crippen molar-refractivity contribution in [2.24, 2.45) is 0 Å². The Morgan fingerprint density at radius 1 is 0.810 bits per heavy atom. The van der Waals surface area contributed by atoms with Crippen molar-refractivity contribution >= 4 is 44.1 Å². The molecule has 5 aromatic rings. The van der Waals surface area contributed by atoms with E-state index in [4.69, 9.17) is 10.3 Å². The van der Waals surface area contributed by atoms with Gasteiger partial charge in [0, 0.05) is 71.9 Å². The van der Waals surface area contributed by atoms with Gasteiger partial charge in [-0.3, -0.25) is 19.3 Å². The summed E-state index contributed by atoms with van der Waals surface area (Å²) < 4.78 is 34.7. The third-order valence-electron chi connectivity index (χ3n) is 7.10. The number of benzene rings is 3. The average molecular weight is 583 g/mol. The van der Waals surface area contributed by atoms with Gasteiger partial charge in [0.25, 0.3) is 21.8 Å². The molecule has 6 rings (SSSR count). The third kappa shape index (κ3) is 5.27. The van der Waals surface area contributed by atoms with Crippen LogP contribution in [0.25, 0.3) is 22.0 Å². The van der Waals surface area contributed by atoms with Crippen molar-refractivity contribution in [2.75, 3.05) is 36.6 Å². The highest BCUT2D eigenvalue weighted by Gasteiger charge is 2.27. The van der Waals surface area contributed by atoms with Gasteiger partial charge in [0.1, 0.15) is 0 Å². The third-order valence-corrected chi connectivity index (χ3v) is 8.54. The van der Waals surface area contributed by atoms with Gasteiger partial charge in [-0.25, -0.2) is 8.42 Å². The number of nitrogens with two attached hydrogens (primary N) is 1. The normalized spacial score (nSPS) is 13.7. The van der Waals surface area contributed by atoms with Crippen LogP contribution in [0.2, 0.25) is 0 Å². The lowest BCUT2D eigenvalue weighted by Gasteiger charge is -2.34. The summed E-state index contributed by atoms with van der Waals surface area (Å²) in [7, 11) is -4.04. The molecule has 1 fully saturated rings. The Hall–Kier alpha value is -5.23. The Balaban J connectivity index is 1.18. The fraction of sp³-hybridized carbons (Fsp3) is 0.133. The van der Waals surface area contributed by atoms with Crippen LogP contribution in [0, 0.1) is 0 Å². The number of hydrogen-bond acceptors (Lipinski definition) is 8. The van der Waals surface area contributed by atoms with Crippen molar-refractivity contribution in [3.8, 4) is 11.1 Å². The van der Waals surface area contributed by atoms with Gasteiger partial charge in [0.2, 0.25) is 5.76 Å². The monoisotopic (exact) mass is 582 g/mol. The number of fused-ring (bicyclic) bond motifs is 1. The van der Waals surface area contributed by atoms with Crippen LogP contribution < -0.4 is 10.5 Å². The summed E-state index contributed by atoms with van der Waals surface area (Å²) in [6.45, 7) is 1.44. The Bertz CT molecular complexity index is 1880. The molecule has 0 saturated carbocycles. The molecule has 1 saturated heterocycles. The van der Waals surface area contributed by atoms with Crippen molar-refractivity contribution in [1.29, 1.82) is 0 Å². The van der Waals surface area contributed by atoms with E-state index >= 15 is 0 Å². The molecule has 1 aliphatic rings. The van der Waals surface area contributed by atoms with Crippen molar-refractivity contribution in [3.63, 3.8) is 0 Å². The van der Waals surface area contributed by atoms with E-state index in [1.807, 2.05) is 30.3 Å². The van der Waals surface area contributed by atoms with E-state index in [1.165, 1.54) is 24.4 Å². The van der Waals surface area contributed by atoms with Crippen LogP contribution in [-0.4, -0.2) is 66.4 Å². The van der Waals surface area contributed by atoms with E-state index in [0.29, 0.717) is 59.8 Å². The van der Waals surface area contributed by atoms with Crippen LogP contribution in [0.5, 0.6) is 0 Å². The molecule has 212 valence electrons. The fourth-order valence-corrected chi connectivity index (χ4v) is 6.24. The van der Waals surface area contributed by atoms with Crippen LogP contribution in [0.1, 0.15) is 20.9 Å². The van der Waals surface area contributed by atoms with Crippen molar-refractivity contribution in [2.45, 2.75) is 4.90 Å². The second-order valence-electron chi connectivity index (χ2n) is 9.78. The number of rotatable bonds is 6. The first kappa shape index (κ1) is 27.0. The molecular formula is C30H26N6O5S. The second kappa shape index (κ2) is 11.0. The molecule has 0 atom stereocenters. The fourth-order valence-electron chi connectivity index (χ4n) is 4.98. The lowest BCUT2D eigenvalue weighted by molar-refractivity contribution is 0.0513. The lowest BCUT2D eigenvalue weighted by atomic mass is 10.0. The zero-order valence-electron chi connectivity index (χ0n) is 22.3. The minimum atomic E-state index is -4.04. The molecule has 12 heteroatoms. The number of piperazine rings is 1. The number of pyridine rings is 1. The summed E-state index contributed by atoms with van der Waals surface area (Å²) in [5, 5.41) is 4.43. The highest BCUT2D eigenvalue weighted by molar-refractivity contribution is 7.92. The van der Waals surface area contributed by atoms with Crippen LogP contribution in [-0.2, 0) is 10.0 Å². The molecule has 3 N–H and O–H groups in total. The number of aromatic nitrogens is 2. The Kier molecular flexibility index (Phi) is 7.05. The molecule has 0 spiro atoms. The summed E-state index contributed by atoms with van der Waals surface area (Å²) in [6, 6.07) is 21.7. The highest BCUT2D eigenvalue weighted by atomic mass is 32.2. The summed E-state index contributed by atoms with van der Waals surface area (Å²) in [5.41, 5.74) is 8.92. The van der Waals surface area contributed by atoms with Crippen molar-refractivity contribution < 1.29 is 22.5 Å². The first-order valence-corrected chi connectivity index (χ1v) is 14.6. The SMILES string of the molecule is Nc1ccc(S(=O)(=O)Nc2ccc(C(=O)N3CCN(C(=O)c4ccno4)CC3)cc2)c(-c2cccc3cccnc23)c1. The number of nitrogen functional groups attached to an aromatic ring is 1. The molecule has 0 radical (unpaired) electrons. The molecule has 2 amide bonds. The number of sulfonamides is 1. The molecule has 0 bridgehead atoms. The highest BCUT2D eigenvalue weighted by Crippen LogP contribution is 2.34. The molecule has 2 aromatic heterocycles. The predicted molar refractivity (Wildman–Crippen MR) is 157 cm³/mol. The van der Waals surface area contributed by atoms with Gasteiger partial charge in [0.05, 0.1) is 16.6 Å². The maximum atomic E-state index is 13.6. The van der Waals surface area contributed by atoms with Crippen LogP contribution >= 0.6 is 0 Å². The van der Waals surface area contributed by atoms with Gasteiger partial charge < -0.3 is 20.1 Å². The van der Waals surface area contributed by atoms with Gasteiger partial charge in [-0.2, -0.15) is 0 Å². The standard InChI is InChI=1S/C30H26N6O5S/c31-22-8-11-27(25(19-22)24-5-1-3-20-4-2-13-32-28(20)24)42(39,40)34-23-9-6-21(7-10-23)29(37)35-15-17-36(18-16-35)30(38)26-12-14-33-41-26/h1-14,19,34H,15-18,31H2. The Labute approximate surface area is 241 Å². The van der Waals surface area contributed by atoms with Gasteiger partial charge >= 0.3 is 0 Å². The number of carbonyl (C=O) groups excluding carboxylic acids is 2. The molecule has 0 aliphatic carbocycles. The minimum absolute atomic E-state index is 0.0488. The predicted octanol–water partition coefficient (Wildman–Crippen LogP) is 3.87. The molecule has 3 aromatic carbocycles. The summed E-state index contributed by atoms with van der Waals surface area (Å²) in [5.74, 6) is -0.314. The minimum Gasteiger partial charge on any atom is -0.399 e. The quantitative estimate of drug-likeness (QED) is 0.286. The van der Waals surface area contributed by atoms with Crippen LogP contribution in [0.3, 0.4) is 0 Å². The Morgan fingerprint density at radius 3 is 2.24 bits per heavy atom. The molecule has 11 nitrogen and oxygen atoms in total. The maximum Gasteiger partial charge on any atom is 0.292 e. The van der Waals surface area contributed by atoms with E-state index in [1.54, 1.807) is 46.3 Å². The number of para-hydroxylation sites is 1. The van der Waals surface area contributed by atoms with Crippen molar-refractivity contribution in [3.05, 3.63) is 103 Å². The zero-order chi connectivity index (χ0) is 29.3. The van der Waals surface area contributed by atoms with Gasteiger partial charge in [-0.05, 0) is 48.5 Å². The number of nitrogens with zero attached hydrogens (tertiary/aromatic N) is 4. The first-order chi connectivity index (χ1) is 20.3. The van der Waals surface area contributed by atoms with E-state index in [2.05, 4.69) is 14.9 Å². The molecule has 0 unspecified atom stereocenters. The van der Waals surface area contributed by atoms with E-state index in [-0.39, 0.29) is 22.5 Å². The van der Waals surface area contributed by atoms with Gasteiger partial charge in [-0.15, -0.1) is 0 Å². The molecular weight excluding hydrogens is 556 g/mol. The number of amides is 2. The topological polar surface area (TPSA) is 152 Å². The summed E-state index contributed by atoms with van der Waals surface area (Å²) >= 11 is 0. The van der Waals surface area contributed by atoms with Crippen LogP contribution in [0.4, 0.5) is 11.4 Å². The van der Waals surface area contributed by atoms with E-state index in [9.17, 15) is 18.0 Å². The largest absolute Gasteiger partial charge is 0.399 e. The number of nitrogens with one attached hydrogen (secondary N) is 1. The van der Waals surface area contributed by atoms with Gasteiger partial charge in [-0.1, -0.05) is 29.4 Å². The first-order valence-electron chi connectivity index (χ1n) is 13.2. The number of hydrogen-bond donors (Lipinski definition) is 2. The van der Waals surface area contributed by atoms with E-state index < -0.39 is 10.0 Å². The summed E-state index contributed by atoms with van der Waals surface area (Å²) in [6.07, 6.45) is 3.07. The van der Waals surface area contributed by atoms with E-state index in [0.717, 1.165) is 5.39 Å². The maximum absolute atomic E-state index is 13.6. The number of anilines is 2. The lowest BCUT2D eigenvalue weighted by Crippen LogP contribution is -2.50.